The highest BCUT2D eigenvalue weighted by Crippen LogP contribution is 2.40. The molecule has 27 heavy (non-hydrogen) atoms. The van der Waals surface area contributed by atoms with E-state index in [-0.39, 0.29) is 12.1 Å². The van der Waals surface area contributed by atoms with Crippen LogP contribution >= 0.6 is 35.0 Å². The minimum atomic E-state index is -4.50. The second-order valence-corrected chi connectivity index (χ2v) is 7.83. The number of thioether (sulfide) groups is 1. The number of benzene rings is 2. The highest BCUT2D eigenvalue weighted by atomic mass is 35.5. The second kappa shape index (κ2) is 7.61. The van der Waals surface area contributed by atoms with Crippen molar-refractivity contribution in [3.8, 4) is 0 Å². The fraction of sp³-hybridized carbons (Fsp3) is 0.176. The number of halogens is 5. The molecule has 1 heterocycles. The van der Waals surface area contributed by atoms with E-state index in [9.17, 15) is 22.8 Å². The van der Waals surface area contributed by atoms with E-state index in [0.717, 1.165) is 23.9 Å². The quantitative estimate of drug-likeness (QED) is 0.674. The van der Waals surface area contributed by atoms with Crippen LogP contribution in [-0.2, 0) is 15.8 Å². The molecule has 10 heteroatoms. The Morgan fingerprint density at radius 2 is 1.81 bits per heavy atom. The minimum Gasteiger partial charge on any atom is -0.326 e. The molecular weight excluding hydrogens is 424 g/mol. The van der Waals surface area contributed by atoms with E-state index >= 15 is 0 Å². The van der Waals surface area contributed by atoms with Gasteiger partial charge in [-0.3, -0.25) is 9.59 Å². The number of carbonyl (C=O) groups is 2. The number of hydrogen-bond acceptors (Lipinski definition) is 3. The summed E-state index contributed by atoms with van der Waals surface area (Å²) in [6, 6.07) is 7.62. The molecule has 0 bridgehead atoms. The second-order valence-electron chi connectivity index (χ2n) is 5.71. The Kier molecular flexibility index (Phi) is 5.60. The third kappa shape index (κ3) is 4.88. The average molecular weight is 435 g/mol. The van der Waals surface area contributed by atoms with Gasteiger partial charge in [-0.1, -0.05) is 23.2 Å². The van der Waals surface area contributed by atoms with Crippen LogP contribution in [0, 0.1) is 0 Å². The molecule has 0 fully saturated rings. The van der Waals surface area contributed by atoms with Crippen molar-refractivity contribution in [3.63, 3.8) is 0 Å². The van der Waals surface area contributed by atoms with E-state index in [4.69, 9.17) is 23.2 Å². The summed E-state index contributed by atoms with van der Waals surface area (Å²) in [6.07, 6.45) is -4.67. The van der Waals surface area contributed by atoms with Crippen LogP contribution in [-0.4, -0.2) is 17.1 Å². The highest BCUT2D eigenvalue weighted by Gasteiger charge is 2.34. The number of fused-ring (bicyclic) bond motifs is 1. The number of hydrogen-bond donors (Lipinski definition) is 2. The Hall–Kier alpha value is -1.90. The van der Waals surface area contributed by atoms with Crippen LogP contribution in [0.3, 0.4) is 0 Å². The molecule has 2 aromatic carbocycles. The number of amides is 2. The number of rotatable bonds is 3. The molecule has 1 atom stereocenters. The van der Waals surface area contributed by atoms with Gasteiger partial charge in [0.15, 0.2) is 0 Å². The predicted molar refractivity (Wildman–Crippen MR) is 99.4 cm³/mol. The van der Waals surface area contributed by atoms with Crippen LogP contribution in [0.1, 0.15) is 12.0 Å². The zero-order chi connectivity index (χ0) is 19.8. The van der Waals surface area contributed by atoms with E-state index in [1.54, 1.807) is 0 Å². The highest BCUT2D eigenvalue weighted by molar-refractivity contribution is 8.01. The average Bonchev–Trinajstić information content (AvgIpc) is 2.53. The normalized spacial score (nSPS) is 16.5. The Bertz CT molecular complexity index is 901. The Morgan fingerprint density at radius 3 is 2.44 bits per heavy atom. The van der Waals surface area contributed by atoms with Crippen LogP contribution in [0.25, 0.3) is 0 Å². The molecule has 0 aromatic heterocycles. The topological polar surface area (TPSA) is 58.2 Å². The largest absolute Gasteiger partial charge is 0.416 e. The van der Waals surface area contributed by atoms with E-state index in [1.165, 1.54) is 24.3 Å². The van der Waals surface area contributed by atoms with Gasteiger partial charge in [0.2, 0.25) is 11.8 Å². The zero-order valence-corrected chi connectivity index (χ0v) is 15.7. The van der Waals surface area contributed by atoms with E-state index in [0.29, 0.717) is 20.6 Å². The lowest BCUT2D eigenvalue weighted by Gasteiger charge is -2.24. The lowest BCUT2D eigenvalue weighted by atomic mass is 10.1. The van der Waals surface area contributed by atoms with Gasteiger partial charge in [0.1, 0.15) is 0 Å². The van der Waals surface area contributed by atoms with Crippen molar-refractivity contribution < 1.29 is 22.8 Å². The van der Waals surface area contributed by atoms with Crippen LogP contribution in [0.15, 0.2) is 41.3 Å². The maximum atomic E-state index is 12.8. The maximum Gasteiger partial charge on any atom is 0.416 e. The number of carbonyl (C=O) groups excluding carboxylic acids is 2. The van der Waals surface area contributed by atoms with Gasteiger partial charge in [-0.25, -0.2) is 0 Å². The number of anilines is 2. The van der Waals surface area contributed by atoms with Crippen LogP contribution in [0.4, 0.5) is 24.5 Å². The van der Waals surface area contributed by atoms with Crippen LogP contribution in [0.2, 0.25) is 10.0 Å². The zero-order valence-electron chi connectivity index (χ0n) is 13.4. The molecule has 0 aliphatic carbocycles. The summed E-state index contributed by atoms with van der Waals surface area (Å²) in [6.45, 7) is 0. The first-order chi connectivity index (χ1) is 12.6. The molecule has 0 saturated carbocycles. The van der Waals surface area contributed by atoms with Crippen molar-refractivity contribution in [2.45, 2.75) is 22.7 Å². The predicted octanol–water partition coefficient (Wildman–Crippen LogP) is 5.45. The molecule has 3 rings (SSSR count). The Morgan fingerprint density at radius 1 is 1.15 bits per heavy atom. The van der Waals surface area contributed by atoms with Crippen LogP contribution in [0.5, 0.6) is 0 Å². The molecular formula is C17H11Cl2F3N2O2S. The Labute approximate surface area is 166 Å². The summed E-state index contributed by atoms with van der Waals surface area (Å²) in [7, 11) is 0. The van der Waals surface area contributed by atoms with Crippen molar-refractivity contribution >= 4 is 58.2 Å². The molecule has 0 saturated heterocycles. The molecule has 2 amide bonds. The van der Waals surface area contributed by atoms with E-state index in [2.05, 4.69) is 10.6 Å². The fourth-order valence-corrected chi connectivity index (χ4v) is 4.08. The molecule has 0 radical (unpaired) electrons. The third-order valence-electron chi connectivity index (χ3n) is 3.64. The monoisotopic (exact) mass is 434 g/mol. The minimum absolute atomic E-state index is 0.0816. The van der Waals surface area contributed by atoms with Gasteiger partial charge in [-0.05, 0) is 36.4 Å². The van der Waals surface area contributed by atoms with Crippen molar-refractivity contribution in [1.82, 2.24) is 0 Å². The van der Waals surface area contributed by atoms with Gasteiger partial charge in [-0.15, -0.1) is 11.8 Å². The van der Waals surface area contributed by atoms with Crippen LogP contribution < -0.4 is 10.6 Å². The summed E-state index contributed by atoms with van der Waals surface area (Å²) in [5.41, 5.74) is -0.386. The van der Waals surface area contributed by atoms with Gasteiger partial charge >= 0.3 is 6.18 Å². The first-order valence-electron chi connectivity index (χ1n) is 7.56. The smallest absolute Gasteiger partial charge is 0.326 e. The molecule has 0 spiro atoms. The SMILES string of the molecule is O=C(C[C@H]1Sc2ccc(C(F)(F)F)cc2NC1=O)Nc1cc(Cl)cc(Cl)c1. The molecule has 2 N–H and O–H groups in total. The lowest BCUT2D eigenvalue weighted by molar-refractivity contribution is -0.137. The standard InChI is InChI=1S/C17H11Cl2F3N2O2S/c18-9-4-10(19)6-11(5-9)23-15(25)7-14-16(26)24-12-3-8(17(20,21)22)1-2-13(12)27-14/h1-6,14H,7H2,(H,23,25)(H,24,26)/t14-/m1/s1. The van der Waals surface area contributed by atoms with E-state index < -0.39 is 28.8 Å². The lowest BCUT2D eigenvalue weighted by Crippen LogP contribution is -2.32. The van der Waals surface area contributed by atoms with Gasteiger partial charge in [0.05, 0.1) is 16.5 Å². The summed E-state index contributed by atoms with van der Waals surface area (Å²) >= 11 is 12.8. The summed E-state index contributed by atoms with van der Waals surface area (Å²) in [4.78, 5) is 24.8. The number of alkyl halides is 3. The molecule has 142 valence electrons. The van der Waals surface area contributed by atoms with Gasteiger partial charge in [0.25, 0.3) is 0 Å². The number of nitrogens with one attached hydrogen (secondary N) is 2. The van der Waals surface area contributed by atoms with Crippen molar-refractivity contribution in [2.24, 2.45) is 0 Å². The Balaban J connectivity index is 1.70. The van der Waals surface area contributed by atoms with Gasteiger partial charge < -0.3 is 10.6 Å². The van der Waals surface area contributed by atoms with Crippen molar-refractivity contribution in [2.75, 3.05) is 10.6 Å². The molecule has 1 aliphatic heterocycles. The summed E-state index contributed by atoms with van der Waals surface area (Å²) in [5.74, 6) is -0.984. The molecule has 4 nitrogen and oxygen atoms in total. The van der Waals surface area contributed by atoms with Gasteiger partial charge in [0, 0.05) is 27.0 Å². The fourth-order valence-electron chi connectivity index (χ4n) is 2.47. The van der Waals surface area contributed by atoms with Gasteiger partial charge in [-0.2, -0.15) is 13.2 Å². The maximum absolute atomic E-state index is 12.8. The van der Waals surface area contributed by atoms with Crippen molar-refractivity contribution in [3.05, 3.63) is 52.0 Å². The molecule has 1 aliphatic rings. The first kappa shape index (κ1) is 19.9. The summed E-state index contributed by atoms with van der Waals surface area (Å²) in [5, 5.41) is 4.94. The molecule has 2 aromatic rings. The first-order valence-corrected chi connectivity index (χ1v) is 9.20. The van der Waals surface area contributed by atoms with Crippen molar-refractivity contribution in [1.29, 1.82) is 0 Å². The summed E-state index contributed by atoms with van der Waals surface area (Å²) < 4.78 is 38.3. The molecule has 0 unspecified atom stereocenters. The third-order valence-corrected chi connectivity index (χ3v) is 5.36. The van der Waals surface area contributed by atoms with E-state index in [1.807, 2.05) is 0 Å².